The van der Waals surface area contributed by atoms with Crippen LogP contribution >= 0.6 is 12.2 Å². The Hall–Kier alpha value is -14.3. The number of aliphatic carboxylic acids is 5. The van der Waals surface area contributed by atoms with Crippen LogP contribution in [-0.2, 0) is 120 Å². The second-order valence-corrected chi connectivity index (χ2v) is 33.5. The maximum Gasteiger partial charge on any atom is 0.317 e. The number of nitrogens with zero attached hydrogens (tertiary/aromatic N) is 3. The third-order valence-electron chi connectivity index (χ3n) is 21.9. The lowest BCUT2D eigenvalue weighted by Gasteiger charge is -2.33. The molecule has 10 atom stereocenters. The lowest BCUT2D eigenvalue weighted by molar-refractivity contribution is -0.141. The van der Waals surface area contributed by atoms with Crippen LogP contribution in [0.15, 0.2) is 72.8 Å². The van der Waals surface area contributed by atoms with Crippen molar-refractivity contribution in [1.82, 2.24) is 99.8 Å². The molecule has 0 spiro atoms. The number of carboxylic acid groups (broad SMARTS) is 5. The van der Waals surface area contributed by atoms with Crippen LogP contribution in [0.5, 0.6) is 11.5 Å². The molecule has 3 aromatic rings. The molecule has 0 bridgehead atoms. The number of aromatic hydroxyl groups is 2. The van der Waals surface area contributed by atoms with E-state index >= 15 is 0 Å². The van der Waals surface area contributed by atoms with Gasteiger partial charge in [0.1, 0.15) is 72.5 Å². The Bertz CT molecular complexity index is 4720. The predicted molar refractivity (Wildman–Crippen MR) is 501 cm³/mol. The van der Waals surface area contributed by atoms with Crippen LogP contribution in [0.4, 0.5) is 5.69 Å². The number of ether oxygens (including phenoxy) is 3. The van der Waals surface area contributed by atoms with Gasteiger partial charge >= 0.3 is 29.8 Å². The van der Waals surface area contributed by atoms with Crippen LogP contribution in [0.1, 0.15) is 107 Å². The number of anilines is 1. The van der Waals surface area contributed by atoms with E-state index in [1.165, 1.54) is 48.5 Å². The van der Waals surface area contributed by atoms with Crippen molar-refractivity contribution in [3.05, 3.63) is 89.5 Å². The number of amides is 13. The molecule has 3 saturated heterocycles. The fourth-order valence-electron chi connectivity index (χ4n) is 14.8. The molecule has 3 fully saturated rings. The Labute approximate surface area is 810 Å². The first-order valence-electron chi connectivity index (χ1n) is 45.4. The van der Waals surface area contributed by atoms with Gasteiger partial charge in [-0.25, -0.2) is 0 Å². The van der Waals surface area contributed by atoms with Gasteiger partial charge in [0.15, 0.2) is 17.0 Å². The van der Waals surface area contributed by atoms with Gasteiger partial charge in [-0.3, -0.25) is 112 Å². The van der Waals surface area contributed by atoms with Gasteiger partial charge in [0, 0.05) is 96.4 Å². The fraction of sp³-hybridized carbons (Fsp3) is 0.552. The maximum absolute atomic E-state index is 14.5. The highest BCUT2D eigenvalue weighted by Crippen LogP contribution is 2.20. The first kappa shape index (κ1) is 114. The molecule has 3 aliphatic rings. The zero-order chi connectivity index (χ0) is 103. The van der Waals surface area contributed by atoms with Crippen LogP contribution in [0.3, 0.4) is 0 Å². The van der Waals surface area contributed by atoms with Gasteiger partial charge in [-0.05, 0) is 142 Å². The quantitative estimate of drug-likeness (QED) is 0.0108. The van der Waals surface area contributed by atoms with Crippen LogP contribution in [0.25, 0.3) is 0 Å². The number of hydrogen-bond donors (Lipinski definition) is 28. The second kappa shape index (κ2) is 61.8. The zero-order valence-corrected chi connectivity index (χ0v) is 78.0. The van der Waals surface area contributed by atoms with Crippen molar-refractivity contribution in [2.45, 2.75) is 170 Å². The van der Waals surface area contributed by atoms with E-state index in [0.29, 0.717) is 23.2 Å². The predicted octanol–water partition coefficient (Wildman–Crippen LogP) is -7.54. The Morgan fingerprint density at radius 1 is 0.414 bits per heavy atom. The number of phenols is 2. The lowest BCUT2D eigenvalue weighted by atomic mass is 10.0. The van der Waals surface area contributed by atoms with E-state index in [-0.39, 0.29) is 218 Å². The van der Waals surface area contributed by atoms with Crippen molar-refractivity contribution < 1.29 is 136 Å². The number of rotatable bonds is 51. The topological polar surface area (TPSA) is 791 Å². The van der Waals surface area contributed by atoms with Gasteiger partial charge in [0.25, 0.3) is 0 Å². The van der Waals surface area contributed by atoms with E-state index in [0.717, 1.165) is 5.56 Å². The molecule has 13 amide bonds. The molecule has 0 aliphatic carbocycles. The van der Waals surface area contributed by atoms with Crippen molar-refractivity contribution in [3.63, 3.8) is 0 Å². The van der Waals surface area contributed by atoms with Gasteiger partial charge in [-0.2, -0.15) is 0 Å². The number of guanidine groups is 2. The molecule has 52 nitrogen and oxygen atoms in total. The molecule has 30 N–H and O–H groups in total. The summed E-state index contributed by atoms with van der Waals surface area (Å²) in [4.78, 5) is 245. The molecule has 0 radical (unpaired) electrons. The molecule has 6 rings (SSSR count). The van der Waals surface area contributed by atoms with Gasteiger partial charge in [-0.1, -0.05) is 36.4 Å². The van der Waals surface area contributed by atoms with E-state index in [9.17, 15) is 122 Å². The maximum atomic E-state index is 14.5. The van der Waals surface area contributed by atoms with Gasteiger partial charge in [0.05, 0.1) is 78.6 Å². The summed E-state index contributed by atoms with van der Waals surface area (Å²) in [6.45, 7) is -1.56. The van der Waals surface area contributed by atoms with E-state index in [1.807, 2.05) is 12.1 Å². The number of benzene rings is 3. The Morgan fingerprint density at radius 3 is 1.28 bits per heavy atom. The van der Waals surface area contributed by atoms with E-state index < -0.39 is 218 Å². The number of unbranched alkanes of at least 4 members (excludes halogenated alkanes) is 2. The largest absolute Gasteiger partial charge is 0.508 e. The van der Waals surface area contributed by atoms with Crippen LogP contribution in [0.2, 0.25) is 0 Å². The smallest absolute Gasteiger partial charge is 0.317 e. The lowest BCUT2D eigenvalue weighted by Crippen LogP contribution is -2.58. The summed E-state index contributed by atoms with van der Waals surface area (Å²) < 4.78 is 16.9. The van der Waals surface area contributed by atoms with Gasteiger partial charge < -0.3 is 152 Å². The zero-order valence-electron chi connectivity index (χ0n) is 77.2. The van der Waals surface area contributed by atoms with E-state index in [4.69, 9.17) is 48.7 Å². The van der Waals surface area contributed by atoms with Crippen molar-refractivity contribution in [1.29, 1.82) is 10.8 Å². The average Bonchev–Trinajstić information content (AvgIpc) is 1.44. The summed E-state index contributed by atoms with van der Waals surface area (Å²) in [5, 5.41) is 128. The summed E-state index contributed by atoms with van der Waals surface area (Å²) in [5.41, 5.74) is 13.1. The first-order valence-corrected chi connectivity index (χ1v) is 45.8. The number of carbonyl (C=O) groups excluding carboxylic acids is 13. The van der Waals surface area contributed by atoms with Crippen molar-refractivity contribution >= 4 is 142 Å². The molecule has 770 valence electrons. The number of carbonyl (C=O) groups is 18. The second-order valence-electron chi connectivity index (χ2n) is 33.1. The highest BCUT2D eigenvalue weighted by molar-refractivity contribution is 7.80. The van der Waals surface area contributed by atoms with Crippen LogP contribution < -0.4 is 102 Å². The number of thiocarbonyl (C=S) groups is 1. The number of carboxylic acids is 5. The third-order valence-corrected chi connectivity index (χ3v) is 22.1. The Kier molecular flexibility index (Phi) is 50.5. The van der Waals surface area contributed by atoms with E-state index in [1.54, 1.807) is 26.8 Å². The molecule has 3 aromatic carbocycles. The van der Waals surface area contributed by atoms with Gasteiger partial charge in [-0.15, -0.1) is 0 Å². The first-order chi connectivity index (χ1) is 66.7. The highest BCUT2D eigenvalue weighted by Gasteiger charge is 2.38. The number of nitrogens with two attached hydrogens (primary N) is 2. The normalized spacial score (nSPS) is 20.0. The summed E-state index contributed by atoms with van der Waals surface area (Å²) >= 11 is 5.49. The minimum atomic E-state index is -1.79. The third kappa shape index (κ3) is 46.2. The van der Waals surface area contributed by atoms with Crippen LogP contribution in [0, 0.1) is 10.8 Å². The molecule has 1 unspecified atom stereocenters. The summed E-state index contributed by atoms with van der Waals surface area (Å²) in [7, 11) is 0. The Balaban J connectivity index is 1.11. The molecule has 0 aromatic heterocycles. The molecular formula is C87H128N24O28S. The molecule has 140 heavy (non-hydrogen) atoms. The summed E-state index contributed by atoms with van der Waals surface area (Å²) in [6.07, 6.45) is -3.16. The molecule has 0 saturated carbocycles. The SMILES string of the molecule is N=C(N)NCCC[C@@H]1NC(=O)[C@H](CCCCNC(=O)CC[C@H](NC(=O)COCCOCCOCCNC(=S)Nc2ccc(CC3CN(CC(=O)O)CCN(CC(=O)O)CCN3CC(=O)O)cc2)C(=O)NCCCC[C@@H]2NC(=O)[C@@H](Cc3ccc(O)cc3)NC(=O)[C@H](CC(=O)O)NC(=O)CNC(=O)[C@H](CCCNC(=N)N)NC2=O)NC(=O)[C@@H](Cc2ccc(O)cc2)NC(=O)[C@H](CC(=O)O)NC(=O)CNC1=O. The minimum Gasteiger partial charge on any atom is -0.508 e. The number of hydrogen-bond acceptors (Lipinski definition) is 29. The van der Waals surface area contributed by atoms with Crippen LogP contribution in [-0.4, -0.2) is 372 Å². The van der Waals surface area contributed by atoms with Gasteiger partial charge in [0.2, 0.25) is 76.8 Å². The molecule has 53 heteroatoms. The number of phenolic OH excluding ortho intramolecular Hbond substituents is 2. The average molecular weight is 1990 g/mol. The fourth-order valence-corrected chi connectivity index (χ4v) is 15.0. The number of nitrogens with one attached hydrogen (secondary N) is 19. The molecule has 3 heterocycles. The van der Waals surface area contributed by atoms with Crippen molar-refractivity contribution in [2.75, 3.05) is 143 Å². The summed E-state index contributed by atoms with van der Waals surface area (Å²) in [5.74, 6) is -19.5. The summed E-state index contributed by atoms with van der Waals surface area (Å²) in [6, 6.07) is 3.72. The Morgan fingerprint density at radius 2 is 0.807 bits per heavy atom. The molecular weight excluding hydrogens is 1860 g/mol. The van der Waals surface area contributed by atoms with Crippen molar-refractivity contribution in [3.8, 4) is 11.5 Å². The standard InChI is InChI=1S/C87H128N24O28S/c88-85(89)94-27-5-9-58-77(129)97-44-68(115)101-65(42-71(118)119)83(135)107-63(40-52-13-19-56(112)20-14-52)81(133)105-60(79(131)103-58)7-1-3-25-92-67(114)24-23-62(100-70(117)50-139-38-37-138-36-35-137-34-29-96-87(140)99-54-17-11-51(12-18-54)39-55-46-110(48-74(124)125)31-30-109(47-73(122)123)32-33-111(55)49-75(126)127)76(128)93-26-4-2-8-61-80(132)104-59(10-6-28-95-86(90)91)78(130)98-45-69(116)102-66(43-72(120)121)84(136)108-64(82(134)106-61)41-53-15-21-57(113)22-16-53/h11-22,55,58-66,112-113H,1-10,23-50H2,(H,92,114)(H,93,128)(H,97,129)(H,98,130)(H,100,117)(H,101,115)(H,102,116)(H,103,131)(H,104,132)(H,105,133)(H,106,134)(H,107,135)(H,108,136)(H,118,119)(H,120,121)(H,122,123)(H,124,125)(H,126,127)(H4,88,89,94)(H4,90,91,95)(H2,96,99,140)/t55?,58-,59-,60-,61-,62-,63+,64+,65-,66-/m0/s1. The monoisotopic (exact) mass is 1990 g/mol. The van der Waals surface area contributed by atoms with E-state index in [2.05, 4.69) is 90.4 Å². The molecule has 3 aliphatic heterocycles. The highest BCUT2D eigenvalue weighted by atomic mass is 32.1. The minimum absolute atomic E-state index is 0.0117. The van der Waals surface area contributed by atoms with Crippen molar-refractivity contribution in [2.24, 2.45) is 11.5 Å².